The third kappa shape index (κ3) is 3.43. The maximum Gasteiger partial charge on any atom is 0.305 e. The third-order valence-electron chi connectivity index (χ3n) is 9.19. The Bertz CT molecular complexity index is 1680. The second-order valence-corrected chi connectivity index (χ2v) is 13.6. The van der Waals surface area contributed by atoms with Crippen LogP contribution in [0.5, 0.6) is 0 Å². The number of imide groups is 1. The van der Waals surface area contributed by atoms with Crippen LogP contribution < -0.4 is 9.77 Å². The van der Waals surface area contributed by atoms with Crippen molar-refractivity contribution in [2.24, 2.45) is 29.6 Å². The van der Waals surface area contributed by atoms with Gasteiger partial charge in [-0.15, -0.1) is 11.8 Å². The minimum atomic E-state index is -0.316. The number of halogens is 1. The number of benzene rings is 3. The van der Waals surface area contributed by atoms with E-state index >= 15 is 0 Å². The molecule has 0 radical (unpaired) electrons. The third-order valence-corrected chi connectivity index (χ3v) is 12.0. The van der Waals surface area contributed by atoms with Crippen molar-refractivity contribution in [3.63, 3.8) is 0 Å². The molecule has 194 valence electrons. The Morgan fingerprint density at radius 1 is 0.795 bits per heavy atom. The van der Waals surface area contributed by atoms with Crippen molar-refractivity contribution < 1.29 is 9.59 Å². The summed E-state index contributed by atoms with van der Waals surface area (Å²) in [6.45, 7) is 0. The summed E-state index contributed by atoms with van der Waals surface area (Å²) in [6, 6.07) is 25.9. The van der Waals surface area contributed by atoms with Crippen LogP contribution >= 0.6 is 34.7 Å². The number of hydrogen-bond acceptors (Lipinski definition) is 5. The Morgan fingerprint density at radius 3 is 2.18 bits per heavy atom. The highest BCUT2D eigenvalue weighted by Gasteiger charge is 2.69. The van der Waals surface area contributed by atoms with Crippen molar-refractivity contribution in [2.75, 3.05) is 4.90 Å². The molecule has 8 heteroatoms. The molecule has 2 amide bonds. The number of anilines is 1. The lowest BCUT2D eigenvalue weighted by Crippen LogP contribution is -2.42. The van der Waals surface area contributed by atoms with Crippen molar-refractivity contribution in [1.29, 1.82) is 0 Å². The van der Waals surface area contributed by atoms with Crippen molar-refractivity contribution in [3.05, 3.63) is 104 Å². The Balaban J connectivity index is 1.19. The number of amides is 2. The SMILES string of the molecule is O=C1C2C3CC(C2C(=O)N1c1ccc(Cl)cc1)C1C3Sc2[nH]c(=O)sc2[C@@H]1c1ccc(-c2ccccc2)cc1. The van der Waals surface area contributed by atoms with Crippen LogP contribution in [0.4, 0.5) is 5.69 Å². The first-order valence-electron chi connectivity index (χ1n) is 13.2. The molecule has 1 saturated heterocycles. The quantitative estimate of drug-likeness (QED) is 0.288. The number of fused-ring (bicyclic) bond motifs is 9. The Hall–Kier alpha value is -3.13. The molecular weight excluding hydrogens is 548 g/mol. The van der Waals surface area contributed by atoms with E-state index in [1.165, 1.54) is 16.2 Å². The molecule has 2 aliphatic heterocycles. The lowest BCUT2D eigenvalue weighted by Gasteiger charge is -2.43. The minimum absolute atomic E-state index is 0.0171. The topological polar surface area (TPSA) is 70.2 Å². The van der Waals surface area contributed by atoms with E-state index in [1.54, 1.807) is 36.0 Å². The van der Waals surface area contributed by atoms with Crippen LogP contribution in [0.1, 0.15) is 22.8 Å². The average Bonchev–Trinajstić information content (AvgIpc) is 3.69. The van der Waals surface area contributed by atoms with Gasteiger partial charge in [0.05, 0.1) is 22.5 Å². The first-order chi connectivity index (χ1) is 19.0. The molecule has 2 bridgehead atoms. The van der Waals surface area contributed by atoms with E-state index in [0.29, 0.717) is 10.7 Å². The van der Waals surface area contributed by atoms with E-state index in [2.05, 4.69) is 41.4 Å². The van der Waals surface area contributed by atoms with Crippen LogP contribution in [-0.4, -0.2) is 22.0 Å². The number of aromatic nitrogens is 1. The number of hydrogen-bond donors (Lipinski definition) is 1. The number of H-pyrrole nitrogens is 1. The van der Waals surface area contributed by atoms with Crippen LogP contribution in [0.15, 0.2) is 88.7 Å². The molecule has 1 N–H and O–H groups in total. The number of aromatic amines is 1. The molecule has 3 heterocycles. The molecule has 2 saturated carbocycles. The van der Waals surface area contributed by atoms with Crippen LogP contribution in [0.2, 0.25) is 5.02 Å². The number of nitrogens with one attached hydrogen (secondary N) is 1. The first kappa shape index (κ1) is 23.7. The van der Waals surface area contributed by atoms with Gasteiger partial charge in [0.25, 0.3) is 0 Å². The smallest absolute Gasteiger partial charge is 0.305 e. The maximum absolute atomic E-state index is 13.9. The van der Waals surface area contributed by atoms with Gasteiger partial charge in [0.1, 0.15) is 0 Å². The maximum atomic E-state index is 13.9. The second-order valence-electron chi connectivity index (χ2n) is 10.9. The van der Waals surface area contributed by atoms with Gasteiger partial charge in [0.2, 0.25) is 11.8 Å². The summed E-state index contributed by atoms with van der Waals surface area (Å²) < 4.78 is 0. The summed E-state index contributed by atoms with van der Waals surface area (Å²) in [5.74, 6) is -0.403. The van der Waals surface area contributed by atoms with Gasteiger partial charge in [0.15, 0.2) is 0 Å². The molecule has 5 nitrogen and oxygen atoms in total. The molecule has 4 aromatic rings. The lowest BCUT2D eigenvalue weighted by atomic mass is 9.68. The van der Waals surface area contributed by atoms with Gasteiger partial charge in [-0.05, 0) is 65.1 Å². The highest BCUT2D eigenvalue weighted by atomic mass is 35.5. The molecule has 0 spiro atoms. The van der Waals surface area contributed by atoms with Gasteiger partial charge in [-0.3, -0.25) is 19.3 Å². The molecule has 4 aliphatic rings. The fourth-order valence-corrected chi connectivity index (χ4v) is 10.8. The van der Waals surface area contributed by atoms with Crippen LogP contribution in [0, 0.1) is 29.6 Å². The van der Waals surface area contributed by atoms with Gasteiger partial charge < -0.3 is 4.98 Å². The molecule has 6 unspecified atom stereocenters. The standard InChI is InChI=1S/C31H23ClN2O3S2/c32-18-10-12-19(13-11-18)34-29(35)24-20-14-21(25(24)30(34)36)26-23(20)22(27-28(38-26)33-31(37)39-27)17-8-6-16(7-9-17)15-4-2-1-3-5-15/h1-13,20-26H,14H2,(H,33,37)/t20?,21?,22-,23?,24?,25?,26?/m1/s1. The predicted octanol–water partition coefficient (Wildman–Crippen LogP) is 6.43. The second kappa shape index (κ2) is 8.68. The fourth-order valence-electron chi connectivity index (χ4n) is 7.75. The van der Waals surface area contributed by atoms with Gasteiger partial charge in [0, 0.05) is 21.1 Å². The number of nitrogens with zero attached hydrogens (tertiary/aromatic N) is 1. The molecule has 3 fully saturated rings. The van der Waals surface area contributed by atoms with E-state index in [-0.39, 0.29) is 57.4 Å². The minimum Gasteiger partial charge on any atom is -0.307 e. The molecule has 7 atom stereocenters. The summed E-state index contributed by atoms with van der Waals surface area (Å²) in [5.41, 5.74) is 4.06. The van der Waals surface area contributed by atoms with Crippen LogP contribution in [0.25, 0.3) is 11.1 Å². The normalized spacial score (nSPS) is 30.4. The van der Waals surface area contributed by atoms with Crippen molar-refractivity contribution >= 4 is 52.2 Å². The molecule has 2 aliphatic carbocycles. The zero-order valence-electron chi connectivity index (χ0n) is 20.6. The molecule has 1 aromatic heterocycles. The van der Waals surface area contributed by atoms with E-state index in [9.17, 15) is 14.4 Å². The van der Waals surface area contributed by atoms with E-state index < -0.39 is 0 Å². The average molecular weight is 571 g/mol. The zero-order valence-corrected chi connectivity index (χ0v) is 23.0. The van der Waals surface area contributed by atoms with E-state index in [4.69, 9.17) is 11.6 Å². The largest absolute Gasteiger partial charge is 0.307 e. The van der Waals surface area contributed by atoms with Gasteiger partial charge >= 0.3 is 4.87 Å². The molecule has 8 rings (SSSR count). The number of rotatable bonds is 3. The first-order valence-corrected chi connectivity index (χ1v) is 15.3. The monoisotopic (exact) mass is 570 g/mol. The summed E-state index contributed by atoms with van der Waals surface area (Å²) >= 11 is 9.08. The lowest BCUT2D eigenvalue weighted by molar-refractivity contribution is -0.123. The molecular formula is C31H23ClN2O3S2. The van der Waals surface area contributed by atoms with Gasteiger partial charge in [-0.1, -0.05) is 77.5 Å². The Kier molecular flexibility index (Phi) is 5.28. The Morgan fingerprint density at radius 2 is 1.46 bits per heavy atom. The summed E-state index contributed by atoms with van der Waals surface area (Å²) in [4.78, 5) is 45.6. The van der Waals surface area contributed by atoms with Crippen molar-refractivity contribution in [2.45, 2.75) is 22.6 Å². The van der Waals surface area contributed by atoms with Gasteiger partial charge in [-0.25, -0.2) is 0 Å². The number of thioether (sulfide) groups is 1. The summed E-state index contributed by atoms with van der Waals surface area (Å²) in [5, 5.41) is 1.68. The number of carbonyl (C=O) groups excluding carboxylic acids is 2. The Labute approximate surface area is 238 Å². The van der Waals surface area contributed by atoms with E-state index in [1.807, 2.05) is 18.2 Å². The fraction of sp³-hybridized carbons (Fsp3) is 0.258. The molecule has 39 heavy (non-hydrogen) atoms. The van der Waals surface area contributed by atoms with Crippen LogP contribution in [0.3, 0.4) is 0 Å². The van der Waals surface area contributed by atoms with Crippen molar-refractivity contribution in [3.8, 4) is 11.1 Å². The summed E-state index contributed by atoms with van der Waals surface area (Å²) in [6.07, 6.45) is 0.876. The summed E-state index contributed by atoms with van der Waals surface area (Å²) in [7, 11) is 0. The van der Waals surface area contributed by atoms with Gasteiger partial charge in [-0.2, -0.15) is 0 Å². The highest BCUT2D eigenvalue weighted by Crippen LogP contribution is 2.68. The van der Waals surface area contributed by atoms with Crippen molar-refractivity contribution in [1.82, 2.24) is 4.98 Å². The van der Waals surface area contributed by atoms with E-state index in [0.717, 1.165) is 33.0 Å². The highest BCUT2D eigenvalue weighted by molar-refractivity contribution is 8.00. The number of carbonyl (C=O) groups is 2. The number of thiazole rings is 1. The van der Waals surface area contributed by atoms with Crippen LogP contribution in [-0.2, 0) is 9.59 Å². The molecule has 3 aromatic carbocycles. The predicted molar refractivity (Wildman–Crippen MR) is 154 cm³/mol. The zero-order chi connectivity index (χ0) is 26.4.